The van der Waals surface area contributed by atoms with Gasteiger partial charge in [-0.05, 0) is 61.1 Å². The molecule has 0 radical (unpaired) electrons. The number of amides is 2. The first kappa shape index (κ1) is 52.2. The fraction of sp³-hybridized carbons (Fsp3) is 0.596. The number of hydrogen-bond donors (Lipinski definition) is 2. The van der Waals surface area contributed by atoms with Gasteiger partial charge >= 0.3 is 0 Å². The zero-order valence-electron chi connectivity index (χ0n) is 40.3. The van der Waals surface area contributed by atoms with Gasteiger partial charge in [-0.25, -0.2) is 0 Å². The summed E-state index contributed by atoms with van der Waals surface area (Å²) in [5, 5.41) is 5.70. The van der Waals surface area contributed by atoms with Crippen LogP contribution in [0, 0.1) is 0 Å². The molecule has 0 atom stereocenters. The summed E-state index contributed by atoms with van der Waals surface area (Å²) >= 11 is 0. The standard InChI is InChI=1S/C57H85N5O2/c1-3-5-7-9-11-13-15-17-19-21-23-25-27-29-32-36-48-40-44-51(45-41-48)54(63)60-56-58-53(50-38-34-31-35-39-50)59-57(62-56)61-55(64)52-46-42-49(43-47-52)37-33-30-28-26-24-22-20-18-16-14-12-10-8-6-4-2/h31,34-35,38-47H,3-30,32-33,36-37H2,1-2H3,(H2,58,59,60,61,62,63,64). The molecule has 350 valence electrons. The minimum atomic E-state index is -0.314. The van der Waals surface area contributed by atoms with Crippen molar-refractivity contribution in [2.24, 2.45) is 0 Å². The van der Waals surface area contributed by atoms with Crippen molar-refractivity contribution in [2.75, 3.05) is 10.6 Å². The van der Waals surface area contributed by atoms with Crippen molar-refractivity contribution in [3.05, 3.63) is 101 Å². The van der Waals surface area contributed by atoms with Gasteiger partial charge in [-0.15, -0.1) is 0 Å². The number of anilines is 2. The summed E-state index contributed by atoms with van der Waals surface area (Å²) in [5.41, 5.74) is 4.28. The van der Waals surface area contributed by atoms with Crippen LogP contribution in [0.15, 0.2) is 78.9 Å². The van der Waals surface area contributed by atoms with Crippen molar-refractivity contribution >= 4 is 23.7 Å². The van der Waals surface area contributed by atoms with E-state index in [-0.39, 0.29) is 23.7 Å². The Morgan fingerprint density at radius 3 is 0.969 bits per heavy atom. The van der Waals surface area contributed by atoms with E-state index in [1.807, 2.05) is 78.9 Å². The van der Waals surface area contributed by atoms with Gasteiger partial charge in [0, 0.05) is 16.7 Å². The van der Waals surface area contributed by atoms with Crippen molar-refractivity contribution < 1.29 is 9.59 Å². The van der Waals surface area contributed by atoms with Gasteiger partial charge in [0.15, 0.2) is 5.82 Å². The maximum Gasteiger partial charge on any atom is 0.258 e. The monoisotopic (exact) mass is 872 g/mol. The van der Waals surface area contributed by atoms with Gasteiger partial charge in [-0.2, -0.15) is 15.0 Å². The average Bonchev–Trinajstić information content (AvgIpc) is 3.32. The van der Waals surface area contributed by atoms with Crippen LogP contribution >= 0.6 is 0 Å². The number of nitrogens with one attached hydrogen (secondary N) is 2. The van der Waals surface area contributed by atoms with Crippen molar-refractivity contribution in [3.8, 4) is 11.4 Å². The number of carbonyl (C=O) groups excluding carboxylic acids is 2. The molecule has 2 amide bonds. The zero-order valence-corrected chi connectivity index (χ0v) is 40.3. The molecule has 0 aliphatic heterocycles. The fourth-order valence-corrected chi connectivity index (χ4v) is 8.60. The molecule has 4 aromatic rings. The maximum absolute atomic E-state index is 13.4. The summed E-state index contributed by atoms with van der Waals surface area (Å²) in [6.45, 7) is 4.57. The SMILES string of the molecule is CCCCCCCCCCCCCCCCCc1ccc(C(=O)Nc2nc(NC(=O)c3ccc(CCCCCCCCCCCCCCCCC)cc3)nc(-c3ccccc3)n2)cc1. The quantitative estimate of drug-likeness (QED) is 0.0440. The lowest BCUT2D eigenvalue weighted by Crippen LogP contribution is -2.18. The van der Waals surface area contributed by atoms with E-state index in [0.29, 0.717) is 17.0 Å². The van der Waals surface area contributed by atoms with Crippen LogP contribution in [0.3, 0.4) is 0 Å². The number of hydrogen-bond acceptors (Lipinski definition) is 5. The lowest BCUT2D eigenvalue weighted by molar-refractivity contribution is 0.101. The van der Waals surface area contributed by atoms with E-state index in [0.717, 1.165) is 31.2 Å². The van der Waals surface area contributed by atoms with Crippen molar-refractivity contribution in [1.82, 2.24) is 15.0 Å². The van der Waals surface area contributed by atoms with E-state index < -0.39 is 0 Å². The van der Waals surface area contributed by atoms with E-state index in [2.05, 4.69) is 39.4 Å². The lowest BCUT2D eigenvalue weighted by Gasteiger charge is -2.10. The number of nitrogens with zero attached hydrogens (tertiary/aromatic N) is 3. The van der Waals surface area contributed by atoms with E-state index >= 15 is 0 Å². The van der Waals surface area contributed by atoms with E-state index in [1.165, 1.54) is 191 Å². The highest BCUT2D eigenvalue weighted by Gasteiger charge is 2.15. The summed E-state index contributed by atoms with van der Waals surface area (Å²) in [5.74, 6) is -0.111. The van der Waals surface area contributed by atoms with E-state index in [9.17, 15) is 9.59 Å². The molecule has 4 rings (SSSR count). The number of carbonyl (C=O) groups is 2. The minimum Gasteiger partial charge on any atom is -0.290 e. The Kier molecular flexibility index (Phi) is 27.8. The van der Waals surface area contributed by atoms with Crippen LogP contribution in [0.4, 0.5) is 11.9 Å². The van der Waals surface area contributed by atoms with E-state index in [4.69, 9.17) is 0 Å². The molecular formula is C57H85N5O2. The second-order valence-electron chi connectivity index (χ2n) is 18.4. The largest absolute Gasteiger partial charge is 0.290 e. The Hall–Kier alpha value is -4.39. The van der Waals surface area contributed by atoms with Crippen LogP contribution in [0.25, 0.3) is 11.4 Å². The Balaban J connectivity index is 1.14. The maximum atomic E-state index is 13.4. The molecule has 7 nitrogen and oxygen atoms in total. The second kappa shape index (κ2) is 34.0. The Morgan fingerprint density at radius 1 is 0.359 bits per heavy atom. The second-order valence-corrected chi connectivity index (χ2v) is 18.4. The normalized spacial score (nSPS) is 11.2. The predicted octanol–water partition coefficient (Wildman–Crippen LogP) is 16.9. The molecule has 0 aliphatic rings. The van der Waals surface area contributed by atoms with Crippen molar-refractivity contribution in [2.45, 2.75) is 219 Å². The Bertz CT molecular complexity index is 1680. The molecule has 1 aromatic heterocycles. The molecule has 0 fully saturated rings. The summed E-state index contributed by atoms with van der Waals surface area (Å²) < 4.78 is 0. The lowest BCUT2D eigenvalue weighted by atomic mass is 10.0. The number of unbranched alkanes of at least 4 members (excludes halogenated alkanes) is 28. The van der Waals surface area contributed by atoms with Gasteiger partial charge in [0.2, 0.25) is 11.9 Å². The molecule has 0 saturated carbocycles. The van der Waals surface area contributed by atoms with Crippen LogP contribution in [-0.2, 0) is 12.8 Å². The average molecular weight is 872 g/mol. The van der Waals surface area contributed by atoms with Crippen LogP contribution in [-0.4, -0.2) is 26.8 Å². The number of aromatic nitrogens is 3. The molecule has 0 bridgehead atoms. The third-order valence-corrected chi connectivity index (χ3v) is 12.7. The van der Waals surface area contributed by atoms with Crippen molar-refractivity contribution in [3.63, 3.8) is 0 Å². The molecule has 0 unspecified atom stereocenters. The van der Waals surface area contributed by atoms with Crippen LogP contribution < -0.4 is 10.6 Å². The molecule has 64 heavy (non-hydrogen) atoms. The first-order valence-corrected chi connectivity index (χ1v) is 26.2. The topological polar surface area (TPSA) is 96.9 Å². The van der Waals surface area contributed by atoms with Crippen LogP contribution in [0.2, 0.25) is 0 Å². The van der Waals surface area contributed by atoms with Gasteiger partial charge in [0.25, 0.3) is 11.8 Å². The highest BCUT2D eigenvalue weighted by Crippen LogP contribution is 2.21. The Morgan fingerprint density at radius 2 is 0.656 bits per heavy atom. The smallest absolute Gasteiger partial charge is 0.258 e. The van der Waals surface area contributed by atoms with E-state index in [1.54, 1.807) is 0 Å². The van der Waals surface area contributed by atoms with Gasteiger partial charge < -0.3 is 0 Å². The predicted molar refractivity (Wildman–Crippen MR) is 271 cm³/mol. The number of rotatable bonds is 37. The summed E-state index contributed by atoms with van der Waals surface area (Å²) in [6.07, 6.45) is 42.8. The molecule has 0 aliphatic carbocycles. The molecule has 7 heteroatoms. The third-order valence-electron chi connectivity index (χ3n) is 12.7. The first-order valence-electron chi connectivity index (χ1n) is 26.2. The molecule has 2 N–H and O–H groups in total. The molecule has 3 aromatic carbocycles. The highest BCUT2D eigenvalue weighted by molar-refractivity contribution is 6.04. The number of benzene rings is 3. The molecule has 1 heterocycles. The summed E-state index contributed by atoms with van der Waals surface area (Å²) in [4.78, 5) is 40.3. The molecule has 0 saturated heterocycles. The minimum absolute atomic E-state index is 0.0786. The van der Waals surface area contributed by atoms with Gasteiger partial charge in [0.1, 0.15) is 0 Å². The van der Waals surface area contributed by atoms with Gasteiger partial charge in [0.05, 0.1) is 0 Å². The Labute approximate surface area is 389 Å². The third kappa shape index (κ3) is 23.0. The van der Waals surface area contributed by atoms with Crippen LogP contribution in [0.5, 0.6) is 0 Å². The number of aryl methyl sites for hydroxylation is 2. The van der Waals surface area contributed by atoms with Gasteiger partial charge in [-0.1, -0.05) is 248 Å². The highest BCUT2D eigenvalue weighted by atomic mass is 16.2. The van der Waals surface area contributed by atoms with Gasteiger partial charge in [-0.3, -0.25) is 20.2 Å². The molecular weight excluding hydrogens is 787 g/mol. The fourth-order valence-electron chi connectivity index (χ4n) is 8.60. The zero-order chi connectivity index (χ0) is 45.1. The van der Waals surface area contributed by atoms with Crippen molar-refractivity contribution in [1.29, 1.82) is 0 Å². The summed E-state index contributed by atoms with van der Waals surface area (Å²) in [6, 6.07) is 25.1. The molecule has 0 spiro atoms. The van der Waals surface area contributed by atoms with Crippen LogP contribution in [0.1, 0.15) is 238 Å². The first-order chi connectivity index (χ1) is 31.6. The summed E-state index contributed by atoms with van der Waals surface area (Å²) in [7, 11) is 0.